The number of hydrogen-bond acceptors (Lipinski definition) is 4. The van der Waals surface area contributed by atoms with Crippen LogP contribution in [0.5, 0.6) is 5.88 Å². The molecule has 1 aromatic rings. The van der Waals surface area contributed by atoms with Crippen LogP contribution in [0.15, 0.2) is 12.3 Å². The fraction of sp³-hybridized carbons (Fsp3) is 0.733. The van der Waals surface area contributed by atoms with Crippen LogP contribution >= 0.6 is 0 Å². The van der Waals surface area contributed by atoms with E-state index in [9.17, 15) is 0 Å². The molecule has 0 aliphatic carbocycles. The van der Waals surface area contributed by atoms with Crippen LogP contribution in [0, 0.1) is 0 Å². The van der Waals surface area contributed by atoms with E-state index >= 15 is 0 Å². The van der Waals surface area contributed by atoms with Gasteiger partial charge in [0, 0.05) is 18.8 Å². The van der Waals surface area contributed by atoms with Gasteiger partial charge < -0.3 is 10.1 Å². The van der Waals surface area contributed by atoms with Crippen molar-refractivity contribution in [2.24, 2.45) is 0 Å². The molecule has 0 radical (unpaired) electrons. The molecule has 4 heteroatoms. The van der Waals surface area contributed by atoms with Gasteiger partial charge in [-0.2, -0.15) is 4.98 Å². The number of hydrogen-bond donors (Lipinski definition) is 1. The lowest BCUT2D eigenvalue weighted by Crippen LogP contribution is -2.06. The Labute approximate surface area is 117 Å². The molecular formula is C15H27N3O. The van der Waals surface area contributed by atoms with Crippen LogP contribution in [0.3, 0.4) is 0 Å². The molecule has 0 unspecified atom stereocenters. The summed E-state index contributed by atoms with van der Waals surface area (Å²) in [5.74, 6) is 1.32. The van der Waals surface area contributed by atoms with Gasteiger partial charge in [-0.15, -0.1) is 0 Å². The quantitative estimate of drug-likeness (QED) is 0.613. The van der Waals surface area contributed by atoms with Gasteiger partial charge in [-0.3, -0.25) is 0 Å². The van der Waals surface area contributed by atoms with E-state index in [-0.39, 0.29) is 0 Å². The molecule has 0 saturated carbocycles. The molecule has 1 aromatic heterocycles. The molecule has 0 aliphatic rings. The number of aromatic nitrogens is 2. The highest BCUT2D eigenvalue weighted by Gasteiger charge is 1.99. The van der Waals surface area contributed by atoms with Crippen molar-refractivity contribution in [3.8, 4) is 5.88 Å². The van der Waals surface area contributed by atoms with Gasteiger partial charge in [0.25, 0.3) is 0 Å². The average molecular weight is 265 g/mol. The number of rotatable bonds is 11. The van der Waals surface area contributed by atoms with Gasteiger partial charge in [0.2, 0.25) is 11.8 Å². The number of nitrogens with one attached hydrogen (secondary N) is 1. The first kappa shape index (κ1) is 15.7. The summed E-state index contributed by atoms with van der Waals surface area (Å²) in [6, 6.07) is 1.81. The average Bonchev–Trinajstić information content (AvgIpc) is 2.44. The third kappa shape index (κ3) is 7.65. The zero-order valence-electron chi connectivity index (χ0n) is 12.3. The summed E-state index contributed by atoms with van der Waals surface area (Å²) in [7, 11) is 0. The Bertz CT molecular complexity index is 331. The van der Waals surface area contributed by atoms with Gasteiger partial charge in [-0.25, -0.2) is 4.98 Å². The second-order valence-corrected chi connectivity index (χ2v) is 4.76. The monoisotopic (exact) mass is 265 g/mol. The first-order chi connectivity index (χ1) is 9.36. The smallest absolute Gasteiger partial charge is 0.225 e. The molecule has 4 nitrogen and oxygen atoms in total. The second kappa shape index (κ2) is 10.6. The van der Waals surface area contributed by atoms with Gasteiger partial charge in [-0.1, -0.05) is 46.0 Å². The third-order valence-corrected chi connectivity index (χ3v) is 2.91. The molecule has 19 heavy (non-hydrogen) atoms. The highest BCUT2D eigenvalue weighted by Crippen LogP contribution is 2.10. The third-order valence-electron chi connectivity index (χ3n) is 2.91. The van der Waals surface area contributed by atoms with Crippen molar-refractivity contribution in [2.45, 2.75) is 58.8 Å². The Hall–Kier alpha value is -1.32. The summed E-state index contributed by atoms with van der Waals surface area (Å²) >= 11 is 0. The maximum absolute atomic E-state index is 5.64. The molecule has 0 saturated heterocycles. The van der Waals surface area contributed by atoms with Gasteiger partial charge in [0.1, 0.15) is 0 Å². The van der Waals surface area contributed by atoms with E-state index in [1.807, 2.05) is 6.07 Å². The topological polar surface area (TPSA) is 47.0 Å². The molecule has 1 N–H and O–H groups in total. The molecule has 0 bridgehead atoms. The first-order valence-corrected chi connectivity index (χ1v) is 7.56. The lowest BCUT2D eigenvalue weighted by molar-refractivity contribution is 0.293. The first-order valence-electron chi connectivity index (χ1n) is 7.56. The molecule has 0 aromatic carbocycles. The molecule has 108 valence electrons. The fourth-order valence-corrected chi connectivity index (χ4v) is 1.80. The predicted octanol–water partition coefficient (Wildman–Crippen LogP) is 4.04. The molecule has 0 fully saturated rings. The minimum absolute atomic E-state index is 0.655. The zero-order valence-corrected chi connectivity index (χ0v) is 12.3. The van der Waals surface area contributed by atoms with E-state index in [2.05, 4.69) is 29.1 Å². The number of nitrogens with zero attached hydrogens (tertiary/aromatic N) is 2. The van der Waals surface area contributed by atoms with Crippen molar-refractivity contribution in [2.75, 3.05) is 18.5 Å². The molecule has 0 atom stereocenters. The second-order valence-electron chi connectivity index (χ2n) is 4.76. The van der Waals surface area contributed by atoms with E-state index in [0.29, 0.717) is 11.8 Å². The van der Waals surface area contributed by atoms with Crippen LogP contribution in [-0.2, 0) is 0 Å². The number of anilines is 1. The van der Waals surface area contributed by atoms with Gasteiger partial charge >= 0.3 is 0 Å². The maximum Gasteiger partial charge on any atom is 0.225 e. The zero-order chi connectivity index (χ0) is 13.8. The van der Waals surface area contributed by atoms with Crippen molar-refractivity contribution < 1.29 is 4.74 Å². The molecule has 1 rings (SSSR count). The Morgan fingerprint density at radius 3 is 2.63 bits per heavy atom. The minimum Gasteiger partial charge on any atom is -0.478 e. The van der Waals surface area contributed by atoms with Crippen LogP contribution in [0.1, 0.15) is 58.8 Å². The summed E-state index contributed by atoms with van der Waals surface area (Å²) in [5, 5.41) is 3.16. The fourth-order valence-electron chi connectivity index (χ4n) is 1.80. The van der Waals surface area contributed by atoms with Crippen LogP contribution in [0.2, 0.25) is 0 Å². The SMILES string of the molecule is CCCCCCCCOc1ccnc(NCCC)n1. The van der Waals surface area contributed by atoms with Crippen LogP contribution in [0.25, 0.3) is 0 Å². The van der Waals surface area contributed by atoms with Crippen molar-refractivity contribution >= 4 is 5.95 Å². The Morgan fingerprint density at radius 1 is 1.05 bits per heavy atom. The van der Waals surface area contributed by atoms with Crippen LogP contribution in [0.4, 0.5) is 5.95 Å². The Morgan fingerprint density at radius 2 is 1.84 bits per heavy atom. The summed E-state index contributed by atoms with van der Waals surface area (Å²) in [5.41, 5.74) is 0. The summed E-state index contributed by atoms with van der Waals surface area (Å²) in [4.78, 5) is 8.47. The Balaban J connectivity index is 2.14. The van der Waals surface area contributed by atoms with Crippen molar-refractivity contribution in [1.82, 2.24) is 9.97 Å². The molecule has 0 amide bonds. The highest BCUT2D eigenvalue weighted by atomic mass is 16.5. The minimum atomic E-state index is 0.655. The summed E-state index contributed by atoms with van der Waals surface area (Å²) in [6.45, 7) is 5.99. The van der Waals surface area contributed by atoms with Gasteiger partial charge in [-0.05, 0) is 12.8 Å². The van der Waals surface area contributed by atoms with Crippen LogP contribution < -0.4 is 10.1 Å². The summed E-state index contributed by atoms with van der Waals surface area (Å²) in [6.07, 6.45) is 10.4. The largest absolute Gasteiger partial charge is 0.478 e. The molecule has 0 aliphatic heterocycles. The Kier molecular flexibility index (Phi) is 8.77. The predicted molar refractivity (Wildman–Crippen MR) is 79.7 cm³/mol. The lowest BCUT2D eigenvalue weighted by atomic mass is 10.1. The van der Waals surface area contributed by atoms with E-state index < -0.39 is 0 Å². The standard InChI is InChI=1S/C15H27N3O/c1-3-5-6-7-8-9-13-19-14-10-12-17-15(18-14)16-11-4-2/h10,12H,3-9,11,13H2,1-2H3,(H,16,17,18). The normalized spacial score (nSPS) is 10.4. The van der Waals surface area contributed by atoms with E-state index in [0.717, 1.165) is 26.0 Å². The van der Waals surface area contributed by atoms with E-state index in [1.165, 1.54) is 32.1 Å². The van der Waals surface area contributed by atoms with E-state index in [1.54, 1.807) is 6.20 Å². The maximum atomic E-state index is 5.64. The van der Waals surface area contributed by atoms with Crippen molar-refractivity contribution in [1.29, 1.82) is 0 Å². The van der Waals surface area contributed by atoms with Crippen molar-refractivity contribution in [3.05, 3.63) is 12.3 Å². The lowest BCUT2D eigenvalue weighted by Gasteiger charge is -2.07. The van der Waals surface area contributed by atoms with Gasteiger partial charge in [0.05, 0.1) is 6.61 Å². The molecular weight excluding hydrogens is 238 g/mol. The van der Waals surface area contributed by atoms with Gasteiger partial charge in [0.15, 0.2) is 0 Å². The van der Waals surface area contributed by atoms with Crippen LogP contribution in [-0.4, -0.2) is 23.1 Å². The molecule has 0 spiro atoms. The van der Waals surface area contributed by atoms with E-state index in [4.69, 9.17) is 4.74 Å². The highest BCUT2D eigenvalue weighted by molar-refractivity contribution is 5.27. The number of ether oxygens (including phenoxy) is 1. The van der Waals surface area contributed by atoms with Crippen molar-refractivity contribution in [3.63, 3.8) is 0 Å². The summed E-state index contributed by atoms with van der Waals surface area (Å²) < 4.78 is 5.64. The number of unbranched alkanes of at least 4 members (excludes halogenated alkanes) is 5. The molecule has 1 heterocycles.